The highest BCUT2D eigenvalue weighted by Crippen LogP contribution is 2.28. The van der Waals surface area contributed by atoms with Crippen LogP contribution in [-0.2, 0) is 7.05 Å². The monoisotopic (exact) mass is 281 g/mol. The molecule has 0 aliphatic rings. The number of hydrogen-bond acceptors (Lipinski definition) is 4. The van der Waals surface area contributed by atoms with E-state index in [0.717, 1.165) is 42.1 Å². The number of nitrogens with zero attached hydrogens (tertiary/aromatic N) is 5. The summed E-state index contributed by atoms with van der Waals surface area (Å²) in [7, 11) is 1.95. The fourth-order valence-corrected chi connectivity index (χ4v) is 2.41. The maximum atomic E-state index is 4.49. The second-order valence-electron chi connectivity index (χ2n) is 5.07. The maximum absolute atomic E-state index is 4.49. The second-order valence-corrected chi connectivity index (χ2v) is 5.07. The Bertz CT molecular complexity index is 720. The van der Waals surface area contributed by atoms with Gasteiger partial charge in [0.15, 0.2) is 17.0 Å². The van der Waals surface area contributed by atoms with E-state index in [1.54, 1.807) is 12.7 Å². The molecule has 0 aliphatic carbocycles. The molecule has 0 bridgehead atoms. The van der Waals surface area contributed by atoms with Crippen molar-refractivity contribution >= 4 is 22.7 Å². The van der Waals surface area contributed by atoms with Gasteiger partial charge in [-0.2, -0.15) is 0 Å². The predicted octanol–water partition coefficient (Wildman–Crippen LogP) is 3.30. The first kappa shape index (κ1) is 13.5. The molecule has 3 aromatic rings. The van der Waals surface area contributed by atoms with Gasteiger partial charge in [0.05, 0.1) is 6.33 Å². The van der Waals surface area contributed by atoms with Gasteiger partial charge in [-0.1, -0.05) is 31.5 Å². The van der Waals surface area contributed by atoms with Gasteiger partial charge in [0, 0.05) is 19.3 Å². The van der Waals surface area contributed by atoms with Crippen LogP contribution in [0, 0.1) is 0 Å². The predicted molar refractivity (Wildman–Crippen MR) is 84.7 cm³/mol. The zero-order valence-electron chi connectivity index (χ0n) is 12.4. The third-order valence-electron chi connectivity index (χ3n) is 3.54. The Balaban J connectivity index is 2.10. The molecular formula is C16H19N5. The van der Waals surface area contributed by atoms with E-state index in [2.05, 4.69) is 38.9 Å². The molecule has 0 spiro atoms. The number of imidazole rings is 1. The lowest BCUT2D eigenvalue weighted by Crippen LogP contribution is -2.20. The lowest BCUT2D eigenvalue weighted by Gasteiger charge is -2.23. The number of para-hydroxylation sites is 1. The van der Waals surface area contributed by atoms with E-state index in [1.807, 2.05) is 29.8 Å². The molecule has 0 amide bonds. The lowest BCUT2D eigenvalue weighted by atomic mass is 10.2. The van der Waals surface area contributed by atoms with E-state index >= 15 is 0 Å². The van der Waals surface area contributed by atoms with Crippen LogP contribution in [0.25, 0.3) is 11.2 Å². The molecule has 0 saturated carbocycles. The number of unbranched alkanes of at least 4 members (excludes halogenated alkanes) is 1. The van der Waals surface area contributed by atoms with Gasteiger partial charge in [-0.3, -0.25) is 0 Å². The summed E-state index contributed by atoms with van der Waals surface area (Å²) in [5.41, 5.74) is 2.84. The zero-order valence-corrected chi connectivity index (χ0v) is 12.4. The molecule has 2 heterocycles. The molecule has 0 unspecified atom stereocenters. The SMILES string of the molecule is CCCCN(c1ccccc1)c1ncnc2c1ncn2C. The van der Waals surface area contributed by atoms with Crippen LogP contribution in [0.3, 0.4) is 0 Å². The molecule has 0 radical (unpaired) electrons. The van der Waals surface area contributed by atoms with E-state index in [-0.39, 0.29) is 0 Å². The molecule has 0 atom stereocenters. The van der Waals surface area contributed by atoms with Crippen molar-refractivity contribution in [2.75, 3.05) is 11.4 Å². The van der Waals surface area contributed by atoms with Crippen LogP contribution >= 0.6 is 0 Å². The number of aryl methyl sites for hydroxylation is 1. The van der Waals surface area contributed by atoms with E-state index in [4.69, 9.17) is 0 Å². The van der Waals surface area contributed by atoms with Gasteiger partial charge in [0.1, 0.15) is 6.33 Å². The molecule has 0 N–H and O–H groups in total. The van der Waals surface area contributed by atoms with Gasteiger partial charge in [-0.25, -0.2) is 15.0 Å². The average Bonchev–Trinajstić information content (AvgIpc) is 2.91. The fourth-order valence-electron chi connectivity index (χ4n) is 2.41. The molecule has 5 nitrogen and oxygen atoms in total. The van der Waals surface area contributed by atoms with Gasteiger partial charge in [-0.15, -0.1) is 0 Å². The first-order valence-electron chi connectivity index (χ1n) is 7.26. The van der Waals surface area contributed by atoms with Crippen LogP contribution in [0.4, 0.5) is 11.5 Å². The highest BCUT2D eigenvalue weighted by molar-refractivity contribution is 5.86. The summed E-state index contributed by atoms with van der Waals surface area (Å²) in [5, 5.41) is 0. The van der Waals surface area contributed by atoms with Crippen LogP contribution in [0.1, 0.15) is 19.8 Å². The number of aromatic nitrogens is 4. The first-order chi connectivity index (χ1) is 10.3. The molecule has 21 heavy (non-hydrogen) atoms. The fraction of sp³-hybridized carbons (Fsp3) is 0.312. The van der Waals surface area contributed by atoms with E-state index in [0.29, 0.717) is 0 Å². The Labute approximate surface area is 124 Å². The Morgan fingerprint density at radius 2 is 1.90 bits per heavy atom. The summed E-state index contributed by atoms with van der Waals surface area (Å²) in [5.74, 6) is 0.875. The van der Waals surface area contributed by atoms with Crippen LogP contribution in [0.2, 0.25) is 0 Å². The minimum absolute atomic E-state index is 0.847. The molecule has 3 rings (SSSR count). The Kier molecular flexibility index (Phi) is 3.81. The van der Waals surface area contributed by atoms with Crippen molar-refractivity contribution in [2.24, 2.45) is 7.05 Å². The molecule has 2 aromatic heterocycles. The number of anilines is 2. The zero-order chi connectivity index (χ0) is 14.7. The van der Waals surface area contributed by atoms with Crippen molar-refractivity contribution in [2.45, 2.75) is 19.8 Å². The molecule has 0 aliphatic heterocycles. The number of rotatable bonds is 5. The Morgan fingerprint density at radius 1 is 1.10 bits per heavy atom. The van der Waals surface area contributed by atoms with Crippen LogP contribution in [0.5, 0.6) is 0 Å². The van der Waals surface area contributed by atoms with Crippen molar-refractivity contribution < 1.29 is 0 Å². The Hall–Kier alpha value is -2.43. The molecular weight excluding hydrogens is 262 g/mol. The van der Waals surface area contributed by atoms with E-state index < -0.39 is 0 Å². The molecule has 0 saturated heterocycles. The van der Waals surface area contributed by atoms with Crippen molar-refractivity contribution in [1.82, 2.24) is 19.5 Å². The summed E-state index contributed by atoms with van der Waals surface area (Å²) in [6.07, 6.45) is 5.64. The van der Waals surface area contributed by atoms with Crippen LogP contribution in [-0.4, -0.2) is 26.1 Å². The molecule has 108 valence electrons. The minimum atomic E-state index is 0.847. The topological polar surface area (TPSA) is 46.8 Å². The standard InChI is InChI=1S/C16H19N5/c1-3-4-10-21(13-8-6-5-7-9-13)16-14-15(17-11-18-16)20(2)12-19-14/h5-9,11-12H,3-4,10H2,1-2H3. The average molecular weight is 281 g/mol. The van der Waals surface area contributed by atoms with Crippen molar-refractivity contribution in [3.05, 3.63) is 43.0 Å². The van der Waals surface area contributed by atoms with E-state index in [9.17, 15) is 0 Å². The third-order valence-corrected chi connectivity index (χ3v) is 3.54. The molecule has 1 aromatic carbocycles. The van der Waals surface area contributed by atoms with Crippen LogP contribution < -0.4 is 4.90 Å². The van der Waals surface area contributed by atoms with Gasteiger partial charge in [-0.05, 0) is 18.6 Å². The summed E-state index contributed by atoms with van der Waals surface area (Å²) in [6.45, 7) is 3.11. The van der Waals surface area contributed by atoms with Gasteiger partial charge < -0.3 is 9.47 Å². The smallest absolute Gasteiger partial charge is 0.165 e. The highest BCUT2D eigenvalue weighted by Gasteiger charge is 2.16. The van der Waals surface area contributed by atoms with Crippen molar-refractivity contribution in [1.29, 1.82) is 0 Å². The van der Waals surface area contributed by atoms with Crippen molar-refractivity contribution in [3.8, 4) is 0 Å². The van der Waals surface area contributed by atoms with E-state index in [1.165, 1.54) is 0 Å². The number of benzene rings is 1. The van der Waals surface area contributed by atoms with Crippen LogP contribution in [0.15, 0.2) is 43.0 Å². The van der Waals surface area contributed by atoms with Gasteiger partial charge in [0.2, 0.25) is 0 Å². The quantitative estimate of drug-likeness (QED) is 0.720. The van der Waals surface area contributed by atoms with Gasteiger partial charge in [0.25, 0.3) is 0 Å². The number of fused-ring (bicyclic) bond motifs is 1. The summed E-state index contributed by atoms with van der Waals surface area (Å²) >= 11 is 0. The maximum Gasteiger partial charge on any atom is 0.165 e. The highest BCUT2D eigenvalue weighted by atomic mass is 15.2. The number of hydrogen-bond donors (Lipinski definition) is 0. The second kappa shape index (κ2) is 5.91. The normalized spacial score (nSPS) is 11.0. The summed E-state index contributed by atoms with van der Waals surface area (Å²) in [6, 6.07) is 10.3. The largest absolute Gasteiger partial charge is 0.324 e. The third kappa shape index (κ3) is 2.59. The lowest BCUT2D eigenvalue weighted by molar-refractivity contribution is 0.780. The summed E-state index contributed by atoms with van der Waals surface area (Å²) in [4.78, 5) is 15.5. The minimum Gasteiger partial charge on any atom is -0.324 e. The summed E-state index contributed by atoms with van der Waals surface area (Å²) < 4.78 is 1.92. The Morgan fingerprint density at radius 3 is 2.67 bits per heavy atom. The molecule has 0 fully saturated rings. The van der Waals surface area contributed by atoms with Crippen molar-refractivity contribution in [3.63, 3.8) is 0 Å². The molecule has 5 heteroatoms. The first-order valence-corrected chi connectivity index (χ1v) is 7.26. The van der Waals surface area contributed by atoms with Gasteiger partial charge >= 0.3 is 0 Å².